The third kappa shape index (κ3) is 4.14. The van der Waals surface area contributed by atoms with Crippen LogP contribution in [0.2, 0.25) is 0 Å². The molecular formula is C21H28FN5O. The van der Waals surface area contributed by atoms with Gasteiger partial charge in [0.1, 0.15) is 0 Å². The van der Waals surface area contributed by atoms with Crippen LogP contribution in [0.4, 0.5) is 10.2 Å². The van der Waals surface area contributed by atoms with Crippen LogP contribution >= 0.6 is 0 Å². The van der Waals surface area contributed by atoms with Crippen LogP contribution in [0, 0.1) is 5.82 Å². The highest BCUT2D eigenvalue weighted by atomic mass is 19.1. The summed E-state index contributed by atoms with van der Waals surface area (Å²) < 4.78 is 13.6. The number of anilines is 1. The van der Waals surface area contributed by atoms with Gasteiger partial charge in [-0.3, -0.25) is 9.69 Å². The molecule has 3 rings (SSSR count). The third-order valence-corrected chi connectivity index (χ3v) is 5.76. The molecule has 1 aromatic carbocycles. The number of aromatic nitrogens is 2. The summed E-state index contributed by atoms with van der Waals surface area (Å²) in [5, 5.41) is 5.82. The molecule has 28 heavy (non-hydrogen) atoms. The van der Waals surface area contributed by atoms with Gasteiger partial charge in [0.2, 0.25) is 0 Å². The number of rotatable bonds is 7. The summed E-state index contributed by atoms with van der Waals surface area (Å²) in [6.07, 6.45) is 5.74. The van der Waals surface area contributed by atoms with Gasteiger partial charge in [-0.25, -0.2) is 14.4 Å². The average Bonchev–Trinajstić information content (AvgIpc) is 3.22. The van der Waals surface area contributed by atoms with Crippen LogP contribution < -0.4 is 10.6 Å². The van der Waals surface area contributed by atoms with Crippen LogP contribution in [0.15, 0.2) is 30.5 Å². The first-order valence-electron chi connectivity index (χ1n) is 9.79. The number of halogens is 1. The predicted molar refractivity (Wildman–Crippen MR) is 109 cm³/mol. The lowest BCUT2D eigenvalue weighted by atomic mass is 9.95. The van der Waals surface area contributed by atoms with E-state index in [0.717, 1.165) is 25.6 Å². The van der Waals surface area contributed by atoms with Gasteiger partial charge in [-0.2, -0.15) is 0 Å². The van der Waals surface area contributed by atoms with Gasteiger partial charge in [-0.1, -0.05) is 31.9 Å². The van der Waals surface area contributed by atoms with Crippen molar-refractivity contribution >= 4 is 11.7 Å². The van der Waals surface area contributed by atoms with Gasteiger partial charge in [0.05, 0.1) is 6.20 Å². The Labute approximate surface area is 165 Å². The van der Waals surface area contributed by atoms with Crippen molar-refractivity contribution < 1.29 is 9.18 Å². The maximum absolute atomic E-state index is 13.6. The Morgan fingerprint density at radius 2 is 2.07 bits per heavy atom. The molecule has 2 N–H and O–H groups in total. The molecular weight excluding hydrogens is 357 g/mol. The molecule has 1 saturated carbocycles. The molecule has 1 amide bonds. The molecule has 2 aromatic rings. The number of nitrogens with one attached hydrogen (secondary N) is 2. The zero-order valence-corrected chi connectivity index (χ0v) is 16.8. The summed E-state index contributed by atoms with van der Waals surface area (Å²) >= 11 is 0. The van der Waals surface area contributed by atoms with Gasteiger partial charge in [0, 0.05) is 30.3 Å². The fraction of sp³-hybridized carbons (Fsp3) is 0.476. The number of carbonyl (C=O) groups is 1. The number of hydrogen-bond donors (Lipinski definition) is 2. The SMILES string of the molecule is CCN(C)C1(CNC(=O)c2cccc(-c3ncc(F)c(NC)n3)c2)CCCC1. The molecule has 0 spiro atoms. The minimum absolute atomic E-state index is 0.0454. The summed E-state index contributed by atoms with van der Waals surface area (Å²) in [4.78, 5) is 23.3. The molecule has 0 radical (unpaired) electrons. The van der Waals surface area contributed by atoms with Crippen LogP contribution in [-0.4, -0.2) is 53.5 Å². The molecule has 6 nitrogen and oxygen atoms in total. The second-order valence-corrected chi connectivity index (χ2v) is 7.35. The Bertz CT molecular complexity index is 835. The maximum atomic E-state index is 13.6. The van der Waals surface area contributed by atoms with Crippen molar-refractivity contribution in [3.05, 3.63) is 41.8 Å². The highest BCUT2D eigenvalue weighted by Gasteiger charge is 2.37. The lowest BCUT2D eigenvalue weighted by Crippen LogP contribution is -2.52. The lowest BCUT2D eigenvalue weighted by molar-refractivity contribution is 0.0874. The molecule has 1 aliphatic rings. The van der Waals surface area contributed by atoms with Crippen molar-refractivity contribution in [3.63, 3.8) is 0 Å². The van der Waals surface area contributed by atoms with Gasteiger partial charge < -0.3 is 10.6 Å². The van der Waals surface area contributed by atoms with E-state index in [2.05, 4.69) is 39.5 Å². The van der Waals surface area contributed by atoms with E-state index in [1.54, 1.807) is 25.2 Å². The van der Waals surface area contributed by atoms with Crippen molar-refractivity contribution in [1.82, 2.24) is 20.2 Å². The predicted octanol–water partition coefficient (Wildman–Crippen LogP) is 3.32. The number of benzene rings is 1. The summed E-state index contributed by atoms with van der Waals surface area (Å²) in [5.41, 5.74) is 1.26. The molecule has 0 bridgehead atoms. The van der Waals surface area contributed by atoms with E-state index in [1.165, 1.54) is 12.8 Å². The first-order valence-corrected chi connectivity index (χ1v) is 9.79. The summed E-state index contributed by atoms with van der Waals surface area (Å²) in [6, 6.07) is 7.12. The van der Waals surface area contributed by atoms with E-state index >= 15 is 0 Å². The Morgan fingerprint density at radius 1 is 1.32 bits per heavy atom. The second-order valence-electron chi connectivity index (χ2n) is 7.35. The van der Waals surface area contributed by atoms with E-state index in [4.69, 9.17) is 0 Å². The summed E-state index contributed by atoms with van der Waals surface area (Å²) in [7, 11) is 3.73. The zero-order chi connectivity index (χ0) is 20.1. The second kappa shape index (κ2) is 8.65. The minimum atomic E-state index is -0.512. The van der Waals surface area contributed by atoms with Gasteiger partial charge >= 0.3 is 0 Å². The Kier molecular flexibility index (Phi) is 6.24. The van der Waals surface area contributed by atoms with E-state index in [0.29, 0.717) is 23.5 Å². The van der Waals surface area contributed by atoms with E-state index in [9.17, 15) is 9.18 Å². The van der Waals surface area contributed by atoms with Crippen molar-refractivity contribution in [2.45, 2.75) is 38.1 Å². The molecule has 0 aliphatic heterocycles. The number of hydrogen-bond acceptors (Lipinski definition) is 5. The normalized spacial score (nSPS) is 15.6. The lowest BCUT2D eigenvalue weighted by Gasteiger charge is -2.38. The molecule has 7 heteroatoms. The largest absolute Gasteiger partial charge is 0.371 e. The quantitative estimate of drug-likeness (QED) is 0.765. The minimum Gasteiger partial charge on any atom is -0.371 e. The van der Waals surface area contributed by atoms with Crippen LogP contribution in [-0.2, 0) is 0 Å². The molecule has 1 aliphatic carbocycles. The fourth-order valence-electron chi connectivity index (χ4n) is 3.89. The Morgan fingerprint density at radius 3 is 2.75 bits per heavy atom. The van der Waals surface area contributed by atoms with E-state index < -0.39 is 5.82 Å². The van der Waals surface area contributed by atoms with E-state index in [1.807, 2.05) is 6.07 Å². The smallest absolute Gasteiger partial charge is 0.251 e. The van der Waals surface area contributed by atoms with Crippen molar-refractivity contribution in [1.29, 1.82) is 0 Å². The van der Waals surface area contributed by atoms with Gasteiger partial charge in [0.15, 0.2) is 17.5 Å². The van der Waals surface area contributed by atoms with Gasteiger partial charge in [0.25, 0.3) is 5.91 Å². The van der Waals surface area contributed by atoms with Crippen molar-refractivity contribution in [3.8, 4) is 11.4 Å². The topological polar surface area (TPSA) is 70.2 Å². The Hall–Kier alpha value is -2.54. The standard InChI is InChI=1S/C21H28FN5O/c1-4-27(3)21(10-5-6-11-21)14-25-20(28)16-9-7-8-15(12-16)18-24-13-17(22)19(23-2)26-18/h7-9,12-13H,4-6,10-11,14H2,1-3H3,(H,25,28)(H,23,24,26). The average molecular weight is 385 g/mol. The highest BCUT2D eigenvalue weighted by molar-refractivity contribution is 5.95. The first-order chi connectivity index (χ1) is 13.5. The molecule has 0 saturated heterocycles. The highest BCUT2D eigenvalue weighted by Crippen LogP contribution is 2.34. The van der Waals surface area contributed by atoms with Crippen molar-refractivity contribution in [2.24, 2.45) is 0 Å². The zero-order valence-electron chi connectivity index (χ0n) is 16.8. The Balaban J connectivity index is 1.75. The van der Waals surface area contributed by atoms with Gasteiger partial charge in [-0.15, -0.1) is 0 Å². The number of amides is 1. The molecule has 0 atom stereocenters. The van der Waals surface area contributed by atoms with E-state index in [-0.39, 0.29) is 17.3 Å². The number of likely N-dealkylation sites (N-methyl/N-ethyl adjacent to an activating group) is 1. The molecule has 150 valence electrons. The van der Waals surface area contributed by atoms with Gasteiger partial charge in [-0.05, 0) is 38.6 Å². The number of nitrogens with zero attached hydrogens (tertiary/aromatic N) is 3. The van der Waals surface area contributed by atoms with Crippen LogP contribution in [0.1, 0.15) is 43.0 Å². The van der Waals surface area contributed by atoms with Crippen LogP contribution in [0.5, 0.6) is 0 Å². The monoisotopic (exact) mass is 385 g/mol. The number of carbonyl (C=O) groups excluding carboxylic acids is 1. The summed E-state index contributed by atoms with van der Waals surface area (Å²) in [5.74, 6) is -0.125. The molecule has 1 fully saturated rings. The maximum Gasteiger partial charge on any atom is 0.251 e. The molecule has 1 heterocycles. The van der Waals surface area contributed by atoms with Crippen LogP contribution in [0.25, 0.3) is 11.4 Å². The first kappa shape index (κ1) is 20.2. The molecule has 1 aromatic heterocycles. The van der Waals surface area contributed by atoms with Crippen LogP contribution in [0.3, 0.4) is 0 Å². The summed E-state index contributed by atoms with van der Waals surface area (Å²) in [6.45, 7) is 3.74. The molecule has 0 unspecified atom stereocenters. The third-order valence-electron chi connectivity index (χ3n) is 5.76. The van der Waals surface area contributed by atoms with Crippen molar-refractivity contribution in [2.75, 3.05) is 32.5 Å². The fourth-order valence-corrected chi connectivity index (χ4v) is 3.89.